The Labute approximate surface area is 139 Å². The van der Waals surface area contributed by atoms with Gasteiger partial charge in [-0.25, -0.2) is 0 Å². The summed E-state index contributed by atoms with van der Waals surface area (Å²) >= 11 is 6.76. The quantitative estimate of drug-likeness (QED) is 0.437. The summed E-state index contributed by atoms with van der Waals surface area (Å²) in [6.07, 6.45) is 13.4. The average Bonchev–Trinajstić information content (AvgIpc) is 2.44. The van der Waals surface area contributed by atoms with Gasteiger partial charge in [0.15, 0.2) is 0 Å². The van der Waals surface area contributed by atoms with Crippen LogP contribution in [0.15, 0.2) is 58.0 Å². The van der Waals surface area contributed by atoms with Crippen molar-refractivity contribution in [2.24, 2.45) is 11.8 Å². The summed E-state index contributed by atoms with van der Waals surface area (Å²) in [6.45, 7) is 4.49. The van der Waals surface area contributed by atoms with Crippen molar-refractivity contribution in [2.45, 2.75) is 26.7 Å². The Kier molecular flexibility index (Phi) is 8.88. The molecule has 0 aromatic heterocycles. The van der Waals surface area contributed by atoms with Crippen LogP contribution in [0.5, 0.6) is 0 Å². The van der Waals surface area contributed by atoms with Crippen LogP contribution in [0.1, 0.15) is 32.3 Å². The van der Waals surface area contributed by atoms with E-state index in [-0.39, 0.29) is 0 Å². The van der Waals surface area contributed by atoms with Crippen LogP contribution < -0.4 is 0 Å². The predicted octanol–water partition coefficient (Wildman–Crippen LogP) is 6.94. The van der Waals surface area contributed by atoms with Gasteiger partial charge in [0.05, 0.1) is 3.39 Å². The Morgan fingerprint density at radius 3 is 2.30 bits per heavy atom. The maximum atomic E-state index is 3.38. The second-order valence-corrected chi connectivity index (χ2v) is 7.89. The highest BCUT2D eigenvalue weighted by Crippen LogP contribution is 2.17. The van der Waals surface area contributed by atoms with Crippen LogP contribution in [0, 0.1) is 11.8 Å². The molecule has 20 heavy (non-hydrogen) atoms. The molecule has 0 nitrogen and oxygen atoms in total. The van der Waals surface area contributed by atoms with Gasteiger partial charge in [-0.3, -0.25) is 0 Å². The smallest absolute Gasteiger partial charge is 0.0564 e. The summed E-state index contributed by atoms with van der Waals surface area (Å²) < 4.78 is 1.03. The van der Waals surface area contributed by atoms with Crippen molar-refractivity contribution in [2.75, 3.05) is 0 Å². The van der Waals surface area contributed by atoms with E-state index in [4.69, 9.17) is 0 Å². The van der Waals surface area contributed by atoms with Gasteiger partial charge in [0.2, 0.25) is 0 Å². The monoisotopic (exact) mass is 396 g/mol. The molecule has 2 atom stereocenters. The van der Waals surface area contributed by atoms with Crippen molar-refractivity contribution in [3.63, 3.8) is 0 Å². The summed E-state index contributed by atoms with van der Waals surface area (Å²) in [5, 5.41) is 0. The van der Waals surface area contributed by atoms with Gasteiger partial charge < -0.3 is 0 Å². The normalized spacial score (nSPS) is 14.6. The molecule has 0 unspecified atom stereocenters. The zero-order chi connectivity index (χ0) is 14.8. The minimum absolute atomic E-state index is 0.567. The number of benzene rings is 1. The molecule has 1 aromatic carbocycles. The van der Waals surface area contributed by atoms with Gasteiger partial charge in [0.1, 0.15) is 0 Å². The summed E-state index contributed by atoms with van der Waals surface area (Å²) in [6, 6.07) is 10.4. The van der Waals surface area contributed by atoms with Gasteiger partial charge in [-0.15, -0.1) is 0 Å². The molecule has 2 heteroatoms. The minimum atomic E-state index is 0.567. The topological polar surface area (TPSA) is 0 Å². The summed E-state index contributed by atoms with van der Waals surface area (Å²) in [5.74, 6) is 1.14. The zero-order valence-electron chi connectivity index (χ0n) is 12.1. The van der Waals surface area contributed by atoms with E-state index in [2.05, 4.69) is 100 Å². The Morgan fingerprint density at radius 2 is 1.65 bits per heavy atom. The fourth-order valence-electron chi connectivity index (χ4n) is 1.80. The fraction of sp³-hybridized carbons (Fsp3) is 0.333. The molecule has 0 aliphatic carbocycles. The highest BCUT2D eigenvalue weighted by molar-refractivity contribution is 9.28. The molecule has 0 N–H and O–H groups in total. The van der Waals surface area contributed by atoms with E-state index < -0.39 is 0 Å². The van der Waals surface area contributed by atoms with Crippen molar-refractivity contribution >= 4 is 37.9 Å². The van der Waals surface area contributed by atoms with Crippen LogP contribution in [-0.4, -0.2) is 0 Å². The molecule has 0 radical (unpaired) electrons. The van der Waals surface area contributed by atoms with E-state index in [1.54, 1.807) is 0 Å². The first-order valence-electron chi connectivity index (χ1n) is 6.99. The lowest BCUT2D eigenvalue weighted by Crippen LogP contribution is -1.89. The summed E-state index contributed by atoms with van der Waals surface area (Å²) in [5.41, 5.74) is 1.27. The van der Waals surface area contributed by atoms with Crippen LogP contribution in [0.2, 0.25) is 0 Å². The van der Waals surface area contributed by atoms with Crippen molar-refractivity contribution in [3.8, 4) is 0 Å². The van der Waals surface area contributed by atoms with Gasteiger partial charge in [-0.2, -0.15) is 0 Å². The Morgan fingerprint density at radius 1 is 1.00 bits per heavy atom. The molecule has 108 valence electrons. The summed E-state index contributed by atoms with van der Waals surface area (Å²) in [7, 11) is 0. The Hall–Kier alpha value is -0.600. The van der Waals surface area contributed by atoms with Crippen LogP contribution in [-0.2, 0) is 0 Å². The Bertz CT molecular complexity index is 454. The second kappa shape index (κ2) is 10.2. The van der Waals surface area contributed by atoms with E-state index in [9.17, 15) is 0 Å². The van der Waals surface area contributed by atoms with Gasteiger partial charge in [-0.05, 0) is 62.1 Å². The van der Waals surface area contributed by atoms with E-state index in [0.29, 0.717) is 11.8 Å². The van der Waals surface area contributed by atoms with E-state index in [1.165, 1.54) is 5.56 Å². The highest BCUT2D eigenvalue weighted by atomic mass is 79.9. The molecule has 0 heterocycles. The lowest BCUT2D eigenvalue weighted by Gasteiger charge is -2.04. The van der Waals surface area contributed by atoms with Gasteiger partial charge in [0, 0.05) is 0 Å². The molecular weight excluding hydrogens is 376 g/mol. The predicted molar refractivity (Wildman–Crippen MR) is 98.1 cm³/mol. The third-order valence-electron chi connectivity index (χ3n) is 3.03. The molecule has 1 rings (SSSR count). The molecule has 0 saturated carbocycles. The number of allylic oxidation sites excluding steroid dienone is 4. The van der Waals surface area contributed by atoms with Gasteiger partial charge >= 0.3 is 0 Å². The Balaban J connectivity index is 2.34. The number of halogens is 2. The fourth-order valence-corrected chi connectivity index (χ4v) is 2.17. The minimum Gasteiger partial charge on any atom is -0.0877 e. The van der Waals surface area contributed by atoms with Crippen molar-refractivity contribution in [3.05, 3.63) is 63.6 Å². The van der Waals surface area contributed by atoms with E-state index in [1.807, 2.05) is 6.07 Å². The highest BCUT2D eigenvalue weighted by Gasteiger charge is 1.97. The maximum Gasteiger partial charge on any atom is 0.0564 e. The number of hydrogen-bond donors (Lipinski definition) is 0. The first-order chi connectivity index (χ1) is 9.58. The van der Waals surface area contributed by atoms with Crippen LogP contribution in [0.3, 0.4) is 0 Å². The number of hydrogen-bond acceptors (Lipinski definition) is 0. The van der Waals surface area contributed by atoms with E-state index >= 15 is 0 Å². The molecule has 0 aliphatic rings. The molecular formula is C18H22Br2. The third kappa shape index (κ3) is 8.55. The molecule has 1 aromatic rings. The van der Waals surface area contributed by atoms with Gasteiger partial charge in [0.25, 0.3) is 0 Å². The molecule has 0 aliphatic heterocycles. The SMILES string of the molecule is C[C@H](/C=C/c1ccccc1)C/C=C/[C@H](C)CC=C(Br)Br. The molecule has 0 spiro atoms. The van der Waals surface area contributed by atoms with Crippen molar-refractivity contribution < 1.29 is 0 Å². The number of rotatable bonds is 7. The first-order valence-corrected chi connectivity index (χ1v) is 8.57. The summed E-state index contributed by atoms with van der Waals surface area (Å²) in [4.78, 5) is 0. The van der Waals surface area contributed by atoms with Crippen molar-refractivity contribution in [1.29, 1.82) is 0 Å². The van der Waals surface area contributed by atoms with Crippen molar-refractivity contribution in [1.82, 2.24) is 0 Å². The van der Waals surface area contributed by atoms with Crippen LogP contribution >= 0.6 is 31.9 Å². The van der Waals surface area contributed by atoms with Crippen LogP contribution in [0.25, 0.3) is 6.08 Å². The van der Waals surface area contributed by atoms with E-state index in [0.717, 1.165) is 16.2 Å². The molecule has 0 saturated heterocycles. The molecule has 0 bridgehead atoms. The molecule has 0 fully saturated rings. The zero-order valence-corrected chi connectivity index (χ0v) is 15.3. The molecule has 0 amide bonds. The lowest BCUT2D eigenvalue weighted by atomic mass is 10.0. The maximum absolute atomic E-state index is 3.38. The first kappa shape index (κ1) is 17.5. The second-order valence-electron chi connectivity index (χ2n) is 5.12. The standard InChI is InChI=1S/C18H22Br2/c1-15(11-13-17-9-4-3-5-10-17)7-6-8-16(2)12-14-18(19)20/h3-6,8-11,13-16H,7,12H2,1-2H3/b8-6+,13-11+/t15-,16-/m0/s1. The van der Waals surface area contributed by atoms with Gasteiger partial charge in [-0.1, -0.05) is 74.6 Å². The largest absolute Gasteiger partial charge is 0.0877 e. The van der Waals surface area contributed by atoms with Crippen LogP contribution in [0.4, 0.5) is 0 Å². The average molecular weight is 398 g/mol. The third-order valence-corrected chi connectivity index (χ3v) is 3.68. The lowest BCUT2D eigenvalue weighted by molar-refractivity contribution is 0.714.